The van der Waals surface area contributed by atoms with Gasteiger partial charge in [-0.1, -0.05) is 6.92 Å². The lowest BCUT2D eigenvalue weighted by Gasteiger charge is -2.13. The summed E-state index contributed by atoms with van der Waals surface area (Å²) >= 11 is 0. The smallest absolute Gasteiger partial charge is 0.335 e. The van der Waals surface area contributed by atoms with Crippen LogP contribution in [-0.2, 0) is 4.79 Å². The van der Waals surface area contributed by atoms with Crippen molar-refractivity contribution >= 4 is 17.6 Å². The molecule has 5 heteroatoms. The van der Waals surface area contributed by atoms with Crippen LogP contribution in [0, 0.1) is 11.2 Å². The summed E-state index contributed by atoms with van der Waals surface area (Å²) in [6.45, 7) is 1.91. The number of benzene rings is 1. The summed E-state index contributed by atoms with van der Waals surface area (Å²) < 4.78 is 13.5. The van der Waals surface area contributed by atoms with Crippen molar-refractivity contribution in [3.8, 4) is 0 Å². The Labute approximate surface area is 104 Å². The highest BCUT2D eigenvalue weighted by atomic mass is 19.1. The van der Waals surface area contributed by atoms with E-state index >= 15 is 0 Å². The van der Waals surface area contributed by atoms with Crippen molar-refractivity contribution < 1.29 is 19.1 Å². The topological polar surface area (TPSA) is 66.4 Å². The number of hydrogen-bond acceptors (Lipinski definition) is 2. The van der Waals surface area contributed by atoms with E-state index in [9.17, 15) is 14.0 Å². The van der Waals surface area contributed by atoms with Crippen molar-refractivity contribution in [2.75, 3.05) is 5.32 Å². The van der Waals surface area contributed by atoms with Crippen LogP contribution in [0.3, 0.4) is 0 Å². The molecule has 0 heterocycles. The van der Waals surface area contributed by atoms with Gasteiger partial charge in [0.2, 0.25) is 5.91 Å². The third-order valence-electron chi connectivity index (χ3n) is 3.47. The van der Waals surface area contributed by atoms with Gasteiger partial charge in [0, 0.05) is 5.41 Å². The van der Waals surface area contributed by atoms with Crippen LogP contribution in [0.25, 0.3) is 0 Å². The quantitative estimate of drug-likeness (QED) is 0.864. The minimum atomic E-state index is -1.15. The summed E-state index contributed by atoms with van der Waals surface area (Å²) in [5.74, 6) is -2.01. The molecule has 0 bridgehead atoms. The van der Waals surface area contributed by atoms with E-state index in [2.05, 4.69) is 5.32 Å². The number of nitrogens with one attached hydrogen (secondary N) is 1. The summed E-state index contributed by atoms with van der Waals surface area (Å²) in [6.07, 6.45) is 2.31. The van der Waals surface area contributed by atoms with Crippen LogP contribution in [0.1, 0.15) is 36.5 Å². The molecule has 0 radical (unpaired) electrons. The number of carboxylic acids is 1. The van der Waals surface area contributed by atoms with Crippen molar-refractivity contribution in [3.05, 3.63) is 29.6 Å². The van der Waals surface area contributed by atoms with Gasteiger partial charge in [-0.05, 0) is 37.5 Å². The minimum Gasteiger partial charge on any atom is -0.478 e. The average Bonchev–Trinajstić information content (AvgIpc) is 3.12. The third kappa shape index (κ3) is 2.20. The van der Waals surface area contributed by atoms with E-state index in [1.165, 1.54) is 6.07 Å². The van der Waals surface area contributed by atoms with Crippen molar-refractivity contribution in [3.63, 3.8) is 0 Å². The zero-order valence-corrected chi connectivity index (χ0v) is 10.00. The van der Waals surface area contributed by atoms with E-state index in [1.54, 1.807) is 0 Å². The number of aromatic carboxylic acids is 1. The molecule has 1 aromatic rings. The standard InChI is InChI=1S/C13H14FNO3/c1-2-13(5-6-13)12(18)15-10-7-8(11(16)17)3-4-9(10)14/h3-4,7H,2,5-6H2,1H3,(H,15,18)(H,16,17). The van der Waals surface area contributed by atoms with E-state index in [-0.39, 0.29) is 22.6 Å². The second-order valence-corrected chi connectivity index (χ2v) is 4.59. The molecule has 2 rings (SSSR count). The molecule has 0 spiro atoms. The molecule has 1 aliphatic carbocycles. The highest BCUT2D eigenvalue weighted by molar-refractivity contribution is 5.98. The first-order valence-electron chi connectivity index (χ1n) is 5.83. The van der Waals surface area contributed by atoms with Gasteiger partial charge in [0.1, 0.15) is 5.82 Å². The molecule has 4 nitrogen and oxygen atoms in total. The van der Waals surface area contributed by atoms with Gasteiger partial charge in [0.05, 0.1) is 11.3 Å². The molecule has 0 aromatic heterocycles. The third-order valence-corrected chi connectivity index (χ3v) is 3.47. The van der Waals surface area contributed by atoms with Crippen molar-refractivity contribution in [1.29, 1.82) is 0 Å². The zero-order valence-electron chi connectivity index (χ0n) is 10.00. The van der Waals surface area contributed by atoms with Gasteiger partial charge in [-0.3, -0.25) is 4.79 Å². The fraction of sp³-hybridized carbons (Fsp3) is 0.385. The van der Waals surface area contributed by atoms with Gasteiger partial charge in [-0.25, -0.2) is 9.18 Å². The van der Waals surface area contributed by atoms with Crippen LogP contribution >= 0.6 is 0 Å². The average molecular weight is 251 g/mol. The van der Waals surface area contributed by atoms with Gasteiger partial charge in [-0.15, -0.1) is 0 Å². The monoisotopic (exact) mass is 251 g/mol. The Morgan fingerprint density at radius 1 is 1.44 bits per heavy atom. The lowest BCUT2D eigenvalue weighted by Crippen LogP contribution is -2.24. The zero-order chi connectivity index (χ0) is 13.3. The molecule has 1 amide bonds. The molecular formula is C13H14FNO3. The Morgan fingerprint density at radius 3 is 2.61 bits per heavy atom. The van der Waals surface area contributed by atoms with Gasteiger partial charge in [0.25, 0.3) is 0 Å². The Morgan fingerprint density at radius 2 is 2.11 bits per heavy atom. The van der Waals surface area contributed by atoms with E-state index in [0.29, 0.717) is 6.42 Å². The summed E-state index contributed by atoms with van der Waals surface area (Å²) in [4.78, 5) is 22.7. The van der Waals surface area contributed by atoms with Crippen LogP contribution in [0.2, 0.25) is 0 Å². The largest absolute Gasteiger partial charge is 0.478 e. The van der Waals surface area contributed by atoms with Crippen molar-refractivity contribution in [2.24, 2.45) is 5.41 Å². The molecular weight excluding hydrogens is 237 g/mol. The van der Waals surface area contributed by atoms with Gasteiger partial charge >= 0.3 is 5.97 Å². The van der Waals surface area contributed by atoms with Crippen LogP contribution in [-0.4, -0.2) is 17.0 Å². The van der Waals surface area contributed by atoms with E-state index in [4.69, 9.17) is 5.11 Å². The predicted octanol–water partition coefficient (Wildman–Crippen LogP) is 2.65. The number of carbonyl (C=O) groups is 2. The number of rotatable bonds is 4. The number of amides is 1. The minimum absolute atomic E-state index is 0.0481. The normalized spacial score (nSPS) is 16.1. The molecule has 1 aliphatic rings. The first-order valence-corrected chi connectivity index (χ1v) is 5.83. The Bertz CT molecular complexity index is 509. The molecule has 2 N–H and O–H groups in total. The number of carbonyl (C=O) groups excluding carboxylic acids is 1. The fourth-order valence-electron chi connectivity index (χ4n) is 1.90. The molecule has 0 unspecified atom stereocenters. The summed E-state index contributed by atoms with van der Waals surface area (Å²) in [6, 6.07) is 3.35. The first-order chi connectivity index (χ1) is 8.48. The molecule has 0 aliphatic heterocycles. The van der Waals surface area contributed by atoms with Crippen LogP contribution in [0.15, 0.2) is 18.2 Å². The number of halogens is 1. The van der Waals surface area contributed by atoms with E-state index in [0.717, 1.165) is 25.0 Å². The highest BCUT2D eigenvalue weighted by Crippen LogP contribution is 2.49. The molecule has 0 atom stereocenters. The summed E-state index contributed by atoms with van der Waals surface area (Å²) in [7, 11) is 0. The van der Waals surface area contributed by atoms with Crippen LogP contribution < -0.4 is 5.32 Å². The molecule has 1 fully saturated rings. The maximum absolute atomic E-state index is 13.5. The van der Waals surface area contributed by atoms with E-state index in [1.807, 2.05) is 6.92 Å². The van der Waals surface area contributed by atoms with Gasteiger partial charge < -0.3 is 10.4 Å². The lowest BCUT2D eigenvalue weighted by molar-refractivity contribution is -0.121. The SMILES string of the molecule is CCC1(C(=O)Nc2cc(C(=O)O)ccc2F)CC1. The van der Waals surface area contributed by atoms with E-state index < -0.39 is 11.8 Å². The maximum Gasteiger partial charge on any atom is 0.335 e. The predicted molar refractivity (Wildman–Crippen MR) is 63.9 cm³/mol. The second kappa shape index (κ2) is 4.40. The number of anilines is 1. The van der Waals surface area contributed by atoms with Crippen LogP contribution in [0.5, 0.6) is 0 Å². The Kier molecular flexibility index (Phi) is 3.07. The summed E-state index contributed by atoms with van der Waals surface area (Å²) in [5, 5.41) is 11.3. The van der Waals surface area contributed by atoms with Crippen LogP contribution in [0.4, 0.5) is 10.1 Å². The molecule has 1 aromatic carbocycles. The molecule has 1 saturated carbocycles. The molecule has 18 heavy (non-hydrogen) atoms. The Balaban J connectivity index is 2.21. The maximum atomic E-state index is 13.5. The number of carboxylic acid groups (broad SMARTS) is 1. The second-order valence-electron chi connectivity index (χ2n) is 4.59. The van der Waals surface area contributed by atoms with Gasteiger partial charge in [-0.2, -0.15) is 0 Å². The molecule has 0 saturated heterocycles. The Hall–Kier alpha value is -1.91. The highest BCUT2D eigenvalue weighted by Gasteiger charge is 2.48. The lowest BCUT2D eigenvalue weighted by atomic mass is 10.0. The number of hydrogen-bond donors (Lipinski definition) is 2. The van der Waals surface area contributed by atoms with Crippen molar-refractivity contribution in [1.82, 2.24) is 0 Å². The summed E-state index contributed by atoms with van der Waals surface area (Å²) in [5.41, 5.74) is -0.501. The fourth-order valence-corrected chi connectivity index (χ4v) is 1.90. The van der Waals surface area contributed by atoms with Crippen molar-refractivity contribution in [2.45, 2.75) is 26.2 Å². The molecule has 96 valence electrons. The first kappa shape index (κ1) is 12.5. The van der Waals surface area contributed by atoms with Gasteiger partial charge in [0.15, 0.2) is 0 Å².